The summed E-state index contributed by atoms with van der Waals surface area (Å²) in [6.07, 6.45) is 12.1. The van der Waals surface area contributed by atoms with Crippen LogP contribution in [0.5, 0.6) is 5.88 Å². The van der Waals surface area contributed by atoms with E-state index in [1.54, 1.807) is 6.20 Å². The number of aromatic nitrogens is 3. The molecule has 18 heavy (non-hydrogen) atoms. The second-order valence-corrected chi connectivity index (χ2v) is 5.65. The molecule has 0 amide bonds. The van der Waals surface area contributed by atoms with Crippen molar-refractivity contribution in [2.45, 2.75) is 32.1 Å². The summed E-state index contributed by atoms with van der Waals surface area (Å²) in [6, 6.07) is 0. The van der Waals surface area contributed by atoms with Gasteiger partial charge in [-0.25, -0.2) is 9.97 Å². The molecule has 2 aromatic heterocycles. The number of halogens is 1. The molecule has 1 aliphatic rings. The number of hydrogen-bond donors (Lipinski definition) is 0. The summed E-state index contributed by atoms with van der Waals surface area (Å²) in [7, 11) is 0. The lowest BCUT2D eigenvalue weighted by Crippen LogP contribution is -2.16. The van der Waals surface area contributed by atoms with E-state index in [1.807, 2.05) is 16.8 Å². The van der Waals surface area contributed by atoms with Crippen molar-refractivity contribution < 1.29 is 4.74 Å². The minimum atomic E-state index is 0.625. The first-order valence-electron chi connectivity index (χ1n) is 6.45. The molecule has 1 fully saturated rings. The minimum Gasteiger partial charge on any atom is -0.475 e. The lowest BCUT2D eigenvalue weighted by molar-refractivity contribution is 0.204. The summed E-state index contributed by atoms with van der Waals surface area (Å²) >= 11 is 3.39. The Hall–Kier alpha value is -1.10. The van der Waals surface area contributed by atoms with Crippen LogP contribution in [0.2, 0.25) is 0 Å². The molecule has 2 heterocycles. The highest BCUT2D eigenvalue weighted by atomic mass is 79.9. The van der Waals surface area contributed by atoms with Gasteiger partial charge in [-0.2, -0.15) is 0 Å². The molecule has 1 saturated carbocycles. The SMILES string of the molecule is Brc1cn2ccnc2c(OCC2CCCCC2)n1. The van der Waals surface area contributed by atoms with Crippen LogP contribution in [0, 0.1) is 5.92 Å². The van der Waals surface area contributed by atoms with Crippen molar-refractivity contribution in [2.24, 2.45) is 5.92 Å². The van der Waals surface area contributed by atoms with Crippen LogP contribution in [0.15, 0.2) is 23.2 Å². The highest BCUT2D eigenvalue weighted by Gasteiger charge is 2.15. The fourth-order valence-corrected chi connectivity index (χ4v) is 2.90. The third-order valence-corrected chi connectivity index (χ3v) is 3.88. The van der Waals surface area contributed by atoms with E-state index in [1.165, 1.54) is 32.1 Å². The van der Waals surface area contributed by atoms with Crippen LogP contribution in [0.3, 0.4) is 0 Å². The van der Waals surface area contributed by atoms with E-state index in [-0.39, 0.29) is 0 Å². The molecule has 1 aliphatic carbocycles. The number of hydrogen-bond acceptors (Lipinski definition) is 3. The Morgan fingerprint density at radius 3 is 3.00 bits per heavy atom. The Morgan fingerprint density at radius 2 is 2.17 bits per heavy atom. The van der Waals surface area contributed by atoms with Gasteiger partial charge in [-0.15, -0.1) is 0 Å². The average molecular weight is 310 g/mol. The summed E-state index contributed by atoms with van der Waals surface area (Å²) in [5.74, 6) is 1.30. The molecule has 3 rings (SSSR count). The van der Waals surface area contributed by atoms with Gasteiger partial charge in [0.25, 0.3) is 5.88 Å². The Morgan fingerprint density at radius 1 is 1.33 bits per heavy atom. The Balaban J connectivity index is 1.75. The van der Waals surface area contributed by atoms with E-state index in [9.17, 15) is 0 Å². The van der Waals surface area contributed by atoms with E-state index in [2.05, 4.69) is 25.9 Å². The van der Waals surface area contributed by atoms with Gasteiger partial charge in [0.15, 0.2) is 0 Å². The fraction of sp³-hybridized carbons (Fsp3) is 0.538. The first-order chi connectivity index (χ1) is 8.83. The molecule has 0 aliphatic heterocycles. The van der Waals surface area contributed by atoms with Crippen LogP contribution in [0.4, 0.5) is 0 Å². The molecule has 0 saturated heterocycles. The zero-order chi connectivity index (χ0) is 12.4. The van der Waals surface area contributed by atoms with Crippen molar-refractivity contribution in [2.75, 3.05) is 6.61 Å². The van der Waals surface area contributed by atoms with Gasteiger partial charge in [-0.3, -0.25) is 4.40 Å². The van der Waals surface area contributed by atoms with Crippen LogP contribution >= 0.6 is 15.9 Å². The van der Waals surface area contributed by atoms with Crippen molar-refractivity contribution in [1.29, 1.82) is 0 Å². The molecular formula is C13H16BrN3O. The van der Waals surface area contributed by atoms with E-state index in [4.69, 9.17) is 4.74 Å². The molecule has 96 valence electrons. The smallest absolute Gasteiger partial charge is 0.259 e. The van der Waals surface area contributed by atoms with Gasteiger partial charge in [-0.05, 0) is 34.7 Å². The van der Waals surface area contributed by atoms with E-state index < -0.39 is 0 Å². The molecule has 4 nitrogen and oxygen atoms in total. The number of nitrogens with zero attached hydrogens (tertiary/aromatic N) is 3. The van der Waals surface area contributed by atoms with Crippen LogP contribution < -0.4 is 4.74 Å². The Kier molecular flexibility index (Phi) is 3.50. The predicted molar refractivity (Wildman–Crippen MR) is 72.8 cm³/mol. The van der Waals surface area contributed by atoms with Gasteiger partial charge in [0.2, 0.25) is 5.65 Å². The summed E-state index contributed by atoms with van der Waals surface area (Å²) in [6.45, 7) is 0.756. The number of rotatable bonds is 3. The van der Waals surface area contributed by atoms with Crippen LogP contribution in [-0.2, 0) is 0 Å². The van der Waals surface area contributed by atoms with Gasteiger partial charge in [0.1, 0.15) is 4.60 Å². The van der Waals surface area contributed by atoms with Crippen LogP contribution in [0.25, 0.3) is 5.65 Å². The van der Waals surface area contributed by atoms with Gasteiger partial charge in [0.05, 0.1) is 6.61 Å². The molecule has 0 bridgehead atoms. The van der Waals surface area contributed by atoms with Gasteiger partial charge >= 0.3 is 0 Å². The summed E-state index contributed by atoms with van der Waals surface area (Å²) in [5, 5.41) is 0. The predicted octanol–water partition coefficient (Wildman–Crippen LogP) is 3.45. The highest BCUT2D eigenvalue weighted by molar-refractivity contribution is 9.10. The molecule has 0 spiro atoms. The van der Waals surface area contributed by atoms with E-state index >= 15 is 0 Å². The first kappa shape index (κ1) is 12.0. The quantitative estimate of drug-likeness (QED) is 0.871. The molecule has 0 N–H and O–H groups in total. The molecular weight excluding hydrogens is 294 g/mol. The summed E-state index contributed by atoms with van der Waals surface area (Å²) < 4.78 is 8.57. The number of imidazole rings is 1. The zero-order valence-electron chi connectivity index (χ0n) is 10.2. The standard InChI is InChI=1S/C13H16BrN3O/c14-11-8-17-7-6-15-12(17)13(16-11)18-9-10-4-2-1-3-5-10/h6-8,10H,1-5,9H2. The zero-order valence-corrected chi connectivity index (χ0v) is 11.8. The highest BCUT2D eigenvalue weighted by Crippen LogP contribution is 2.25. The van der Waals surface area contributed by atoms with Gasteiger partial charge in [-0.1, -0.05) is 19.3 Å². The average Bonchev–Trinajstić information content (AvgIpc) is 2.85. The number of fused-ring (bicyclic) bond motifs is 1. The van der Waals surface area contributed by atoms with Gasteiger partial charge in [0, 0.05) is 18.6 Å². The maximum Gasteiger partial charge on any atom is 0.259 e. The lowest BCUT2D eigenvalue weighted by atomic mass is 9.90. The fourth-order valence-electron chi connectivity index (χ4n) is 2.52. The minimum absolute atomic E-state index is 0.625. The Labute approximate surface area is 115 Å². The maximum absolute atomic E-state index is 5.87. The molecule has 0 radical (unpaired) electrons. The summed E-state index contributed by atoms with van der Waals surface area (Å²) in [5.41, 5.74) is 0.786. The lowest BCUT2D eigenvalue weighted by Gasteiger charge is -2.21. The number of ether oxygens (including phenoxy) is 1. The van der Waals surface area contributed by atoms with Crippen molar-refractivity contribution >= 4 is 21.6 Å². The third kappa shape index (κ3) is 2.51. The van der Waals surface area contributed by atoms with E-state index in [0.717, 1.165) is 16.9 Å². The van der Waals surface area contributed by atoms with Crippen molar-refractivity contribution in [3.63, 3.8) is 0 Å². The molecule has 0 unspecified atom stereocenters. The third-order valence-electron chi connectivity index (χ3n) is 3.49. The summed E-state index contributed by atoms with van der Waals surface area (Å²) in [4.78, 5) is 8.65. The van der Waals surface area contributed by atoms with E-state index in [0.29, 0.717) is 11.8 Å². The van der Waals surface area contributed by atoms with Gasteiger partial charge < -0.3 is 4.74 Å². The molecule has 5 heteroatoms. The van der Waals surface area contributed by atoms with Crippen LogP contribution in [-0.4, -0.2) is 21.0 Å². The second-order valence-electron chi connectivity index (χ2n) is 4.84. The maximum atomic E-state index is 5.87. The monoisotopic (exact) mass is 309 g/mol. The normalized spacial score (nSPS) is 17.2. The largest absolute Gasteiger partial charge is 0.475 e. The molecule has 0 aromatic carbocycles. The van der Waals surface area contributed by atoms with Crippen molar-refractivity contribution in [3.8, 4) is 5.88 Å². The topological polar surface area (TPSA) is 39.4 Å². The molecule has 2 aromatic rings. The molecule has 0 atom stereocenters. The first-order valence-corrected chi connectivity index (χ1v) is 7.24. The van der Waals surface area contributed by atoms with Crippen LogP contribution in [0.1, 0.15) is 32.1 Å². The van der Waals surface area contributed by atoms with Crippen molar-refractivity contribution in [1.82, 2.24) is 14.4 Å². The van der Waals surface area contributed by atoms with Crippen molar-refractivity contribution in [3.05, 3.63) is 23.2 Å². The Bertz CT molecular complexity index is 534. The second kappa shape index (κ2) is 5.26.